The van der Waals surface area contributed by atoms with Crippen LogP contribution < -0.4 is 0 Å². The van der Waals surface area contributed by atoms with Crippen LogP contribution in [0.5, 0.6) is 0 Å². The van der Waals surface area contributed by atoms with Gasteiger partial charge in [-0.3, -0.25) is 0 Å². The van der Waals surface area contributed by atoms with Crippen LogP contribution in [-0.4, -0.2) is 6.18 Å². The van der Waals surface area contributed by atoms with Crippen LogP contribution >= 0.6 is 0 Å². The number of rotatable bonds is 7. The highest BCUT2D eigenvalue weighted by atomic mass is 19.4. The van der Waals surface area contributed by atoms with E-state index in [0.29, 0.717) is 37.5 Å². The van der Waals surface area contributed by atoms with Gasteiger partial charge in [-0.1, -0.05) is 58.8 Å². The quantitative estimate of drug-likeness (QED) is 0.439. The standard InChI is InChI=1S/C21H37F3/c1-3-5-7-17-8-10-18(11-9-17)19-12-15-20(16-13-19,14-6-4-2)21(22,23)24/h17-19H,3-16H2,1-2H3/t17?,18?,19-,20+. The molecular weight excluding hydrogens is 309 g/mol. The minimum Gasteiger partial charge on any atom is -0.171 e. The summed E-state index contributed by atoms with van der Waals surface area (Å²) in [4.78, 5) is 0. The van der Waals surface area contributed by atoms with E-state index in [1.807, 2.05) is 6.92 Å². The molecule has 3 heteroatoms. The van der Waals surface area contributed by atoms with E-state index in [1.165, 1.54) is 44.9 Å². The summed E-state index contributed by atoms with van der Waals surface area (Å²) in [6, 6.07) is 0. The molecule has 2 fully saturated rings. The van der Waals surface area contributed by atoms with Crippen molar-refractivity contribution in [1.82, 2.24) is 0 Å². The van der Waals surface area contributed by atoms with Crippen molar-refractivity contribution in [3.05, 3.63) is 0 Å². The molecule has 0 aliphatic heterocycles. The predicted molar refractivity (Wildman–Crippen MR) is 94.9 cm³/mol. The first kappa shape index (κ1) is 20.1. The Morgan fingerprint density at radius 2 is 1.33 bits per heavy atom. The zero-order valence-electron chi connectivity index (χ0n) is 15.8. The van der Waals surface area contributed by atoms with Gasteiger partial charge in [0, 0.05) is 0 Å². The normalized spacial score (nSPS) is 35.1. The molecule has 0 aromatic carbocycles. The maximum atomic E-state index is 13.7. The molecule has 0 N–H and O–H groups in total. The molecule has 0 nitrogen and oxygen atoms in total. The van der Waals surface area contributed by atoms with Crippen LogP contribution in [0.4, 0.5) is 13.2 Å². The number of unbranched alkanes of at least 4 members (excludes halogenated alkanes) is 2. The Morgan fingerprint density at radius 1 is 0.792 bits per heavy atom. The Balaban J connectivity index is 1.83. The molecule has 2 aliphatic rings. The lowest BCUT2D eigenvalue weighted by molar-refractivity contribution is -0.241. The summed E-state index contributed by atoms with van der Waals surface area (Å²) in [5, 5.41) is 0. The Kier molecular flexibility index (Phi) is 7.49. The molecule has 0 bridgehead atoms. The van der Waals surface area contributed by atoms with E-state index in [1.54, 1.807) is 0 Å². The van der Waals surface area contributed by atoms with Crippen LogP contribution in [0.15, 0.2) is 0 Å². The maximum Gasteiger partial charge on any atom is 0.394 e. The second-order valence-corrected chi connectivity index (χ2v) is 8.64. The van der Waals surface area contributed by atoms with Crippen molar-refractivity contribution >= 4 is 0 Å². The number of hydrogen-bond acceptors (Lipinski definition) is 0. The predicted octanol–water partition coefficient (Wildman–Crippen LogP) is 7.91. The molecule has 0 amide bonds. The largest absolute Gasteiger partial charge is 0.394 e. The van der Waals surface area contributed by atoms with E-state index < -0.39 is 11.6 Å². The van der Waals surface area contributed by atoms with Crippen LogP contribution in [-0.2, 0) is 0 Å². The molecule has 0 aromatic rings. The van der Waals surface area contributed by atoms with E-state index in [9.17, 15) is 13.2 Å². The van der Waals surface area contributed by atoms with E-state index in [2.05, 4.69) is 6.92 Å². The zero-order valence-corrected chi connectivity index (χ0v) is 15.8. The summed E-state index contributed by atoms with van der Waals surface area (Å²) >= 11 is 0. The van der Waals surface area contributed by atoms with Gasteiger partial charge in [0.2, 0.25) is 0 Å². The summed E-state index contributed by atoms with van der Waals surface area (Å²) in [7, 11) is 0. The highest BCUT2D eigenvalue weighted by Crippen LogP contribution is 2.55. The van der Waals surface area contributed by atoms with Gasteiger partial charge < -0.3 is 0 Å². The number of alkyl halides is 3. The zero-order chi connectivity index (χ0) is 17.6. The van der Waals surface area contributed by atoms with Gasteiger partial charge in [0.15, 0.2) is 0 Å². The SMILES string of the molecule is CCCCC1CCC([C@H]2CC[C@@](CCCC)(C(F)(F)F)CC2)CC1. The van der Waals surface area contributed by atoms with Gasteiger partial charge in [-0.25, -0.2) is 0 Å². The summed E-state index contributed by atoms with van der Waals surface area (Å²) in [6.45, 7) is 4.24. The third kappa shape index (κ3) is 4.91. The van der Waals surface area contributed by atoms with Crippen LogP contribution in [0.25, 0.3) is 0 Å². The van der Waals surface area contributed by atoms with Crippen LogP contribution in [0.1, 0.15) is 104 Å². The van der Waals surface area contributed by atoms with Crippen LogP contribution in [0.3, 0.4) is 0 Å². The first-order chi connectivity index (χ1) is 11.4. The van der Waals surface area contributed by atoms with Gasteiger partial charge in [0.25, 0.3) is 0 Å². The first-order valence-electron chi connectivity index (χ1n) is 10.5. The molecule has 0 spiro atoms. The highest BCUT2D eigenvalue weighted by molar-refractivity contribution is 4.93. The fourth-order valence-electron chi connectivity index (χ4n) is 5.30. The maximum absolute atomic E-state index is 13.7. The fourth-order valence-corrected chi connectivity index (χ4v) is 5.30. The molecule has 0 radical (unpaired) electrons. The van der Waals surface area contributed by atoms with Crippen LogP contribution in [0, 0.1) is 23.2 Å². The molecule has 0 aromatic heterocycles. The topological polar surface area (TPSA) is 0 Å². The van der Waals surface area contributed by atoms with Crippen LogP contribution in [0.2, 0.25) is 0 Å². The van der Waals surface area contributed by atoms with E-state index >= 15 is 0 Å². The molecule has 0 heterocycles. The van der Waals surface area contributed by atoms with Crippen molar-refractivity contribution in [1.29, 1.82) is 0 Å². The Labute approximate surface area is 147 Å². The minimum atomic E-state index is -4.01. The smallest absolute Gasteiger partial charge is 0.171 e. The molecule has 0 saturated heterocycles. The Morgan fingerprint density at radius 3 is 1.83 bits per heavy atom. The molecule has 142 valence electrons. The summed E-state index contributed by atoms with van der Waals surface area (Å²) in [6.07, 6.45) is 9.48. The molecule has 2 saturated carbocycles. The summed E-state index contributed by atoms with van der Waals surface area (Å²) < 4.78 is 41.0. The van der Waals surface area contributed by atoms with Crippen molar-refractivity contribution in [3.63, 3.8) is 0 Å². The molecular formula is C21H37F3. The molecule has 24 heavy (non-hydrogen) atoms. The lowest BCUT2D eigenvalue weighted by atomic mass is 9.62. The second kappa shape index (κ2) is 8.94. The monoisotopic (exact) mass is 346 g/mol. The van der Waals surface area contributed by atoms with Crippen molar-refractivity contribution < 1.29 is 13.2 Å². The third-order valence-corrected chi connectivity index (χ3v) is 7.12. The third-order valence-electron chi connectivity index (χ3n) is 7.12. The second-order valence-electron chi connectivity index (χ2n) is 8.64. The number of hydrogen-bond donors (Lipinski definition) is 0. The lowest BCUT2D eigenvalue weighted by Crippen LogP contribution is -2.42. The minimum absolute atomic E-state index is 0.351. The average Bonchev–Trinajstić information content (AvgIpc) is 2.58. The Bertz CT molecular complexity index is 345. The van der Waals surface area contributed by atoms with Crippen molar-refractivity contribution in [2.24, 2.45) is 23.2 Å². The van der Waals surface area contributed by atoms with E-state index in [-0.39, 0.29) is 0 Å². The Hall–Kier alpha value is -0.210. The molecule has 0 atom stereocenters. The van der Waals surface area contributed by atoms with Gasteiger partial charge in [-0.2, -0.15) is 13.2 Å². The first-order valence-corrected chi connectivity index (χ1v) is 10.5. The molecule has 0 unspecified atom stereocenters. The van der Waals surface area contributed by atoms with Gasteiger partial charge in [-0.05, 0) is 62.7 Å². The number of halogens is 3. The van der Waals surface area contributed by atoms with Gasteiger partial charge in [0.1, 0.15) is 0 Å². The molecule has 2 aliphatic carbocycles. The molecule has 2 rings (SSSR count). The lowest BCUT2D eigenvalue weighted by Gasteiger charge is -2.44. The van der Waals surface area contributed by atoms with Crippen molar-refractivity contribution in [3.8, 4) is 0 Å². The van der Waals surface area contributed by atoms with Crippen molar-refractivity contribution in [2.75, 3.05) is 0 Å². The van der Waals surface area contributed by atoms with Gasteiger partial charge in [-0.15, -0.1) is 0 Å². The average molecular weight is 347 g/mol. The van der Waals surface area contributed by atoms with E-state index in [0.717, 1.165) is 25.2 Å². The highest BCUT2D eigenvalue weighted by Gasteiger charge is 2.55. The summed E-state index contributed by atoms with van der Waals surface area (Å²) in [5.41, 5.74) is -1.36. The van der Waals surface area contributed by atoms with Gasteiger partial charge in [0.05, 0.1) is 5.41 Å². The van der Waals surface area contributed by atoms with E-state index in [4.69, 9.17) is 0 Å². The summed E-state index contributed by atoms with van der Waals surface area (Å²) in [5.74, 6) is 2.16. The van der Waals surface area contributed by atoms with Gasteiger partial charge >= 0.3 is 6.18 Å². The van der Waals surface area contributed by atoms with Crippen molar-refractivity contribution in [2.45, 2.75) is 110 Å². The fraction of sp³-hybridized carbons (Fsp3) is 1.00.